The van der Waals surface area contributed by atoms with Gasteiger partial charge >= 0.3 is 41.8 Å². The molecule has 0 aromatic carbocycles. The Balaban J connectivity index is 0.000000251. The van der Waals surface area contributed by atoms with Crippen LogP contribution in [0.15, 0.2) is 12.2 Å². The maximum absolute atomic E-state index is 15.7. The SMILES string of the molecule is C=C(C)C(=O)OC12CC3CC(C1)CC(C(=O)O)(C3)C2.CC1C2CCC(C2)C1C1C(=O)OC(=O)C1C1OCCCC1C(C)(C(=O)OC1(C)C2CC3CC(C2)CC1C3)C(C)(C)C(=O)OC12CC3CC(C1)CC(C(=O)O)(C3)C2. The lowest BCUT2D eigenvalue weighted by Crippen LogP contribution is -2.64. The molecule has 0 amide bonds. The topological polar surface area (TPSA) is 206 Å². The molecule has 0 radical (unpaired) electrons. The molecule has 14 aliphatic carbocycles. The number of carbonyl (C=O) groups excluding carboxylic acids is 5. The van der Waals surface area contributed by atoms with Gasteiger partial charge in [-0.2, -0.15) is 0 Å². The molecule has 13 atom stereocenters. The highest BCUT2D eigenvalue weighted by Crippen LogP contribution is 2.67. The molecule has 0 aromatic rings. The first kappa shape index (κ1) is 51.9. The summed E-state index contributed by atoms with van der Waals surface area (Å²) < 4.78 is 31.6. The number of carbonyl (C=O) groups is 7. The van der Waals surface area contributed by atoms with Gasteiger partial charge in [0, 0.05) is 30.9 Å². The summed E-state index contributed by atoms with van der Waals surface area (Å²) in [7, 11) is 0. The van der Waals surface area contributed by atoms with Crippen molar-refractivity contribution >= 4 is 41.8 Å². The fraction of sp³-hybridized carbons (Fsp3) is 0.852. The van der Waals surface area contributed by atoms with E-state index in [0.29, 0.717) is 99.1 Å². The lowest BCUT2D eigenvalue weighted by atomic mass is 9.47. The molecule has 2 aliphatic heterocycles. The van der Waals surface area contributed by atoms with Gasteiger partial charge < -0.3 is 33.9 Å². The van der Waals surface area contributed by atoms with Crippen molar-refractivity contribution in [2.24, 2.45) is 110 Å². The summed E-state index contributed by atoms with van der Waals surface area (Å²) in [6.45, 7) is 15.4. The predicted molar refractivity (Wildman–Crippen MR) is 269 cm³/mol. The zero-order chi connectivity index (χ0) is 53.2. The normalized spacial score (nSPS) is 48.9. The van der Waals surface area contributed by atoms with Crippen molar-refractivity contribution in [2.45, 2.75) is 206 Å². The Bertz CT molecular complexity index is 2390. The van der Waals surface area contributed by atoms with E-state index in [2.05, 4.69) is 20.4 Å². The molecule has 16 aliphatic rings. The molecule has 412 valence electrons. The van der Waals surface area contributed by atoms with Gasteiger partial charge in [-0.05, 0) is 234 Å². The third kappa shape index (κ3) is 7.98. The van der Waals surface area contributed by atoms with E-state index < -0.39 is 98.1 Å². The Kier molecular flexibility index (Phi) is 12.2. The number of hydrogen-bond acceptors (Lipinski definition) is 12. The van der Waals surface area contributed by atoms with E-state index >= 15 is 9.59 Å². The number of rotatable bonds is 12. The zero-order valence-electron chi connectivity index (χ0n) is 45.5. The smallest absolute Gasteiger partial charge is 0.333 e. The second-order valence-electron chi connectivity index (χ2n) is 29.4. The quantitative estimate of drug-likeness (QED) is 0.0808. The van der Waals surface area contributed by atoms with Gasteiger partial charge in [0.2, 0.25) is 0 Å². The highest BCUT2D eigenvalue weighted by molar-refractivity contribution is 5.97. The maximum Gasteiger partial charge on any atom is 0.333 e. The van der Waals surface area contributed by atoms with Gasteiger partial charge in [0.15, 0.2) is 0 Å². The standard InChI is InChI=1S/C46H64O10.C15H20O4/c1-23-28-8-9-29(17-28)33(23)34-35(38(48)54-37(34)47)36-32(7-6-10-53-36)43(4,41(52)55-44(5)30-13-24-11-25(15-30)16-31(44)14-24)42(2,3)40(51)56-46-20-26-12-27(21-46)19-45(18-26,22-46)39(49)50;1-9(2)12(16)19-15-6-10-3-11(7-15)5-14(4-10,8-15)13(17)18/h23-36H,6-22H2,1-5H3,(H,49,50);10-11H,1,3-8H2,2H3,(H,17,18). The molecule has 2 saturated heterocycles. The minimum absolute atomic E-state index is 0.00431. The van der Waals surface area contributed by atoms with Gasteiger partial charge in [0.25, 0.3) is 0 Å². The molecular weight excluding hydrogens is 957 g/mol. The van der Waals surface area contributed by atoms with E-state index in [0.717, 1.165) is 83.5 Å². The maximum atomic E-state index is 15.7. The number of esters is 5. The molecule has 0 aromatic heterocycles. The zero-order valence-corrected chi connectivity index (χ0v) is 45.5. The van der Waals surface area contributed by atoms with Crippen molar-refractivity contribution in [1.82, 2.24) is 0 Å². The van der Waals surface area contributed by atoms with Crippen molar-refractivity contribution in [1.29, 1.82) is 0 Å². The van der Waals surface area contributed by atoms with Crippen LogP contribution >= 0.6 is 0 Å². The third-order valence-electron chi connectivity index (χ3n) is 24.6. The lowest BCUT2D eigenvalue weighted by Gasteiger charge is -2.61. The van der Waals surface area contributed by atoms with Crippen LogP contribution in [-0.2, 0) is 57.2 Å². The largest absolute Gasteiger partial charge is 0.481 e. The number of carboxylic acids is 2. The van der Waals surface area contributed by atoms with Crippen molar-refractivity contribution in [3.8, 4) is 0 Å². The van der Waals surface area contributed by atoms with Crippen LogP contribution in [0.2, 0.25) is 0 Å². The second kappa shape index (κ2) is 17.6. The summed E-state index contributed by atoms with van der Waals surface area (Å²) in [5.41, 5.74) is -6.25. The van der Waals surface area contributed by atoms with E-state index in [4.69, 9.17) is 23.7 Å². The van der Waals surface area contributed by atoms with Gasteiger partial charge in [0.1, 0.15) is 16.8 Å². The number of hydrogen-bond donors (Lipinski definition) is 2. The van der Waals surface area contributed by atoms with Crippen molar-refractivity contribution in [3.05, 3.63) is 12.2 Å². The molecule has 2 heterocycles. The van der Waals surface area contributed by atoms with Crippen LogP contribution in [-0.4, -0.2) is 81.5 Å². The first-order valence-electron chi connectivity index (χ1n) is 29.5. The molecule has 14 bridgehead atoms. The molecule has 16 rings (SSSR count). The minimum Gasteiger partial charge on any atom is -0.481 e. The fourth-order valence-corrected chi connectivity index (χ4v) is 21.7. The monoisotopic (exact) mass is 1040 g/mol. The fourth-order valence-electron chi connectivity index (χ4n) is 21.7. The van der Waals surface area contributed by atoms with E-state index in [1.165, 1.54) is 6.42 Å². The Labute approximate surface area is 442 Å². The van der Waals surface area contributed by atoms with E-state index in [-0.39, 0.29) is 41.5 Å². The number of fused-ring (bicyclic) bond motifs is 2. The first-order valence-corrected chi connectivity index (χ1v) is 29.5. The summed E-state index contributed by atoms with van der Waals surface area (Å²) >= 11 is 0. The summed E-state index contributed by atoms with van der Waals surface area (Å²) in [6, 6.07) is 0. The van der Waals surface area contributed by atoms with Crippen molar-refractivity contribution < 1.29 is 67.5 Å². The molecule has 75 heavy (non-hydrogen) atoms. The van der Waals surface area contributed by atoms with Crippen LogP contribution in [0.5, 0.6) is 0 Å². The number of cyclic esters (lactones) is 2. The number of ether oxygens (including phenoxy) is 5. The van der Waals surface area contributed by atoms with Gasteiger partial charge in [0.05, 0.1) is 39.6 Å². The van der Waals surface area contributed by atoms with Crippen molar-refractivity contribution in [2.75, 3.05) is 6.61 Å². The number of carboxylic acid groups (broad SMARTS) is 2. The Morgan fingerprint density at radius 1 is 0.627 bits per heavy atom. The Morgan fingerprint density at radius 3 is 1.61 bits per heavy atom. The summed E-state index contributed by atoms with van der Waals surface area (Å²) in [6.07, 6.45) is 17.5. The minimum atomic E-state index is -1.52. The van der Waals surface area contributed by atoms with E-state index in [1.54, 1.807) is 20.8 Å². The average Bonchev–Trinajstić information content (AvgIpc) is 4.07. The van der Waals surface area contributed by atoms with Gasteiger partial charge in [-0.3, -0.25) is 28.8 Å². The molecular formula is C61H84O14. The van der Waals surface area contributed by atoms with Crippen LogP contribution < -0.4 is 0 Å². The van der Waals surface area contributed by atoms with E-state index in [1.807, 2.05) is 6.92 Å². The highest BCUT2D eigenvalue weighted by atomic mass is 16.6. The second-order valence-corrected chi connectivity index (χ2v) is 29.4. The predicted octanol–water partition coefficient (Wildman–Crippen LogP) is 10.1. The summed E-state index contributed by atoms with van der Waals surface area (Å²) in [5, 5.41) is 20.1. The van der Waals surface area contributed by atoms with Gasteiger partial charge in [-0.25, -0.2) is 4.79 Å². The summed E-state index contributed by atoms with van der Waals surface area (Å²) in [5.74, 6) is -1.94. The van der Waals surface area contributed by atoms with Crippen LogP contribution in [0.25, 0.3) is 0 Å². The Hall–Kier alpha value is -3.81. The highest BCUT2D eigenvalue weighted by Gasteiger charge is 2.70. The molecule has 13 unspecified atom stereocenters. The number of aliphatic carboxylic acids is 2. The van der Waals surface area contributed by atoms with E-state index in [9.17, 15) is 34.2 Å². The molecule has 14 saturated carbocycles. The average molecular weight is 1040 g/mol. The lowest BCUT2D eigenvalue weighted by molar-refractivity contribution is -0.239. The van der Waals surface area contributed by atoms with Crippen LogP contribution in [0, 0.1) is 110 Å². The molecule has 0 spiro atoms. The van der Waals surface area contributed by atoms with Crippen LogP contribution in [0.4, 0.5) is 0 Å². The van der Waals surface area contributed by atoms with Gasteiger partial charge in [-0.15, -0.1) is 0 Å². The summed E-state index contributed by atoms with van der Waals surface area (Å²) in [4.78, 5) is 95.0. The molecule has 2 N–H and O–H groups in total. The first-order chi connectivity index (χ1) is 35.3. The molecule has 14 heteroatoms. The third-order valence-corrected chi connectivity index (χ3v) is 24.6. The molecule has 16 fully saturated rings. The van der Waals surface area contributed by atoms with Crippen LogP contribution in [0.3, 0.4) is 0 Å². The van der Waals surface area contributed by atoms with Crippen molar-refractivity contribution in [3.63, 3.8) is 0 Å². The Morgan fingerprint density at radius 2 is 1.12 bits per heavy atom. The van der Waals surface area contributed by atoms with Crippen LogP contribution in [0.1, 0.15) is 183 Å². The molecule has 14 nitrogen and oxygen atoms in total. The van der Waals surface area contributed by atoms with Gasteiger partial charge in [-0.1, -0.05) is 13.5 Å².